The van der Waals surface area contributed by atoms with Gasteiger partial charge >= 0.3 is 0 Å². The first-order chi connectivity index (χ1) is 16.4. The number of nitrogens with zero attached hydrogens (tertiary/aromatic N) is 5. The van der Waals surface area contributed by atoms with Crippen LogP contribution >= 0.6 is 11.8 Å². The van der Waals surface area contributed by atoms with Gasteiger partial charge in [0.05, 0.1) is 36.3 Å². The van der Waals surface area contributed by atoms with Crippen LogP contribution in [-0.4, -0.2) is 50.3 Å². The van der Waals surface area contributed by atoms with Crippen molar-refractivity contribution in [1.82, 2.24) is 19.3 Å². The Balaban J connectivity index is 1.43. The van der Waals surface area contributed by atoms with Gasteiger partial charge in [-0.1, -0.05) is 11.8 Å². The first-order valence-electron chi connectivity index (χ1n) is 10.9. The zero-order valence-corrected chi connectivity index (χ0v) is 19.6. The van der Waals surface area contributed by atoms with Crippen LogP contribution in [0.1, 0.15) is 6.92 Å². The average molecular weight is 478 g/mol. The largest absolute Gasteiger partial charge is 0.375 e. The summed E-state index contributed by atoms with van der Waals surface area (Å²) in [6.45, 7) is 4.38. The molecule has 3 aromatic heterocycles. The van der Waals surface area contributed by atoms with E-state index < -0.39 is 5.82 Å². The molecule has 34 heavy (non-hydrogen) atoms. The van der Waals surface area contributed by atoms with Crippen LogP contribution in [0.2, 0.25) is 0 Å². The maximum Gasteiger partial charge on any atom is 0.171 e. The molecule has 1 unspecified atom stereocenters. The predicted octanol–water partition coefficient (Wildman–Crippen LogP) is 3.86. The fourth-order valence-electron chi connectivity index (χ4n) is 4.00. The number of benzene rings is 1. The van der Waals surface area contributed by atoms with Crippen molar-refractivity contribution >= 4 is 33.5 Å². The van der Waals surface area contributed by atoms with E-state index in [1.807, 2.05) is 24.4 Å². The van der Waals surface area contributed by atoms with E-state index >= 15 is 0 Å². The molecular formula is C24H24FN7OS. The Hall–Kier alpha value is -3.50. The van der Waals surface area contributed by atoms with Gasteiger partial charge in [0.25, 0.3) is 0 Å². The van der Waals surface area contributed by atoms with Crippen molar-refractivity contribution in [3.8, 4) is 11.1 Å². The van der Waals surface area contributed by atoms with Gasteiger partial charge in [0.15, 0.2) is 16.5 Å². The third-order valence-electron chi connectivity index (χ3n) is 5.73. The van der Waals surface area contributed by atoms with Gasteiger partial charge in [-0.2, -0.15) is 5.10 Å². The van der Waals surface area contributed by atoms with Crippen LogP contribution < -0.4 is 10.4 Å². The number of anilines is 1. The summed E-state index contributed by atoms with van der Waals surface area (Å²) in [6.07, 6.45) is 7.04. The third kappa shape index (κ3) is 4.46. The predicted molar refractivity (Wildman–Crippen MR) is 131 cm³/mol. The Morgan fingerprint density at radius 1 is 1.18 bits per heavy atom. The maximum absolute atomic E-state index is 14.5. The highest BCUT2D eigenvalue weighted by Crippen LogP contribution is 2.28. The molecule has 1 aliphatic rings. The SMILES string of the molecule is CC1CN(c2cnc3ccc(SC(=N)n4cc(-c5cnn(C)c5)cc(F)c4=N)cc3c2)CCO1. The number of ether oxygens (including phenoxy) is 1. The van der Waals surface area contributed by atoms with Crippen LogP contribution in [0.25, 0.3) is 22.0 Å². The highest BCUT2D eigenvalue weighted by Gasteiger charge is 2.18. The molecule has 0 aliphatic carbocycles. The van der Waals surface area contributed by atoms with Crippen molar-refractivity contribution in [2.45, 2.75) is 17.9 Å². The van der Waals surface area contributed by atoms with Crippen LogP contribution in [-0.2, 0) is 11.8 Å². The minimum absolute atomic E-state index is 0.0279. The van der Waals surface area contributed by atoms with Gasteiger partial charge in [-0.25, -0.2) is 4.39 Å². The van der Waals surface area contributed by atoms with Crippen LogP contribution in [0.3, 0.4) is 0 Å². The minimum Gasteiger partial charge on any atom is -0.375 e. The fourth-order valence-corrected chi connectivity index (χ4v) is 4.78. The number of hydrogen-bond donors (Lipinski definition) is 2. The Kier molecular flexibility index (Phi) is 5.93. The highest BCUT2D eigenvalue weighted by molar-refractivity contribution is 8.13. The van der Waals surface area contributed by atoms with Crippen LogP contribution in [0, 0.1) is 16.6 Å². The van der Waals surface area contributed by atoms with Crippen molar-refractivity contribution < 1.29 is 9.13 Å². The van der Waals surface area contributed by atoms with E-state index in [0.717, 1.165) is 51.9 Å². The standard InChI is InChI=1S/C24H24FN7OS/c1-15-12-31(5-6-33-15)19-7-16-8-20(3-4-22(16)28-11-19)34-24(27)32-14-17(9-21(25)23(32)26)18-10-29-30(2)13-18/h3-4,7-11,13-15,26-27H,5-6,12H2,1-2H3. The van der Waals surface area contributed by atoms with Crippen molar-refractivity contribution in [3.05, 3.63) is 66.4 Å². The van der Waals surface area contributed by atoms with E-state index in [0.29, 0.717) is 12.2 Å². The molecule has 4 heterocycles. The van der Waals surface area contributed by atoms with Gasteiger partial charge in [-0.05, 0) is 37.3 Å². The second-order valence-corrected chi connectivity index (χ2v) is 9.34. The molecule has 1 aliphatic heterocycles. The molecule has 8 nitrogen and oxygen atoms in total. The topological polar surface area (TPSA) is 95.8 Å². The van der Waals surface area contributed by atoms with E-state index in [9.17, 15) is 4.39 Å². The monoisotopic (exact) mass is 477 g/mol. The number of aryl methyl sites for hydroxylation is 1. The van der Waals surface area contributed by atoms with E-state index in [1.165, 1.54) is 10.6 Å². The lowest BCUT2D eigenvalue weighted by Gasteiger charge is -2.32. The van der Waals surface area contributed by atoms with Gasteiger partial charge in [-0.3, -0.25) is 25.1 Å². The second kappa shape index (κ2) is 9.03. The van der Waals surface area contributed by atoms with Gasteiger partial charge in [0.2, 0.25) is 0 Å². The van der Waals surface area contributed by atoms with Crippen LogP contribution in [0.15, 0.2) is 60.0 Å². The van der Waals surface area contributed by atoms with Crippen LogP contribution in [0.5, 0.6) is 0 Å². The summed E-state index contributed by atoms with van der Waals surface area (Å²) in [6, 6.07) is 9.16. The number of pyridine rings is 2. The molecule has 2 N–H and O–H groups in total. The van der Waals surface area contributed by atoms with Crippen molar-refractivity contribution in [2.75, 3.05) is 24.6 Å². The third-order valence-corrected chi connectivity index (χ3v) is 6.61. The van der Waals surface area contributed by atoms with Gasteiger partial charge in [-0.15, -0.1) is 0 Å². The first-order valence-corrected chi connectivity index (χ1v) is 11.7. The Morgan fingerprint density at radius 2 is 2.03 bits per heavy atom. The molecular weight excluding hydrogens is 453 g/mol. The number of morpholine rings is 1. The van der Waals surface area contributed by atoms with Crippen molar-refractivity contribution in [3.63, 3.8) is 0 Å². The smallest absolute Gasteiger partial charge is 0.171 e. The number of thioether (sulfide) groups is 1. The second-order valence-electron chi connectivity index (χ2n) is 8.28. The Morgan fingerprint density at radius 3 is 2.79 bits per heavy atom. The molecule has 0 spiro atoms. The van der Waals surface area contributed by atoms with E-state index in [2.05, 4.69) is 28.0 Å². The highest BCUT2D eigenvalue weighted by atomic mass is 32.2. The quantitative estimate of drug-likeness (QED) is 0.265. The van der Waals surface area contributed by atoms with Gasteiger partial charge in [0, 0.05) is 53.9 Å². The Labute approximate surface area is 200 Å². The van der Waals surface area contributed by atoms with Gasteiger partial charge in [0.1, 0.15) is 0 Å². The number of nitrogens with one attached hydrogen (secondary N) is 2. The number of halogens is 1. The molecule has 0 bridgehead atoms. The first kappa shape index (κ1) is 22.3. The van der Waals surface area contributed by atoms with Crippen LogP contribution in [0.4, 0.5) is 10.1 Å². The molecule has 1 fully saturated rings. The Bertz CT molecular complexity index is 1450. The van der Waals surface area contributed by atoms with Crippen molar-refractivity contribution in [2.24, 2.45) is 7.05 Å². The van der Waals surface area contributed by atoms with Gasteiger partial charge < -0.3 is 9.64 Å². The summed E-state index contributed by atoms with van der Waals surface area (Å²) >= 11 is 1.16. The lowest BCUT2D eigenvalue weighted by atomic mass is 10.1. The molecule has 174 valence electrons. The zero-order chi connectivity index (χ0) is 23.8. The minimum atomic E-state index is -0.696. The molecule has 1 aromatic carbocycles. The lowest BCUT2D eigenvalue weighted by molar-refractivity contribution is 0.0532. The van der Waals surface area contributed by atoms with Crippen molar-refractivity contribution in [1.29, 1.82) is 10.8 Å². The number of rotatable bonds is 3. The summed E-state index contributed by atoms with van der Waals surface area (Å²) in [7, 11) is 1.78. The van der Waals surface area contributed by atoms with E-state index in [-0.39, 0.29) is 16.8 Å². The van der Waals surface area contributed by atoms with E-state index in [1.54, 1.807) is 30.3 Å². The lowest BCUT2D eigenvalue weighted by Crippen LogP contribution is -2.41. The fraction of sp³-hybridized carbons (Fsp3) is 0.250. The summed E-state index contributed by atoms with van der Waals surface area (Å²) in [5, 5.41) is 21.8. The number of aromatic nitrogens is 4. The average Bonchev–Trinajstić information content (AvgIpc) is 3.26. The summed E-state index contributed by atoms with van der Waals surface area (Å²) < 4.78 is 23.0. The summed E-state index contributed by atoms with van der Waals surface area (Å²) in [4.78, 5) is 7.67. The summed E-state index contributed by atoms with van der Waals surface area (Å²) in [5.41, 5.74) is 2.80. The molecule has 0 radical (unpaired) electrons. The molecule has 1 saturated heterocycles. The number of hydrogen-bond acceptors (Lipinski definition) is 7. The van der Waals surface area contributed by atoms with E-state index in [4.69, 9.17) is 15.6 Å². The normalized spacial score (nSPS) is 16.2. The molecule has 1 atom stereocenters. The molecule has 5 rings (SSSR count). The summed E-state index contributed by atoms with van der Waals surface area (Å²) in [5.74, 6) is -0.696. The molecule has 4 aromatic rings. The zero-order valence-electron chi connectivity index (χ0n) is 18.8. The molecule has 0 saturated carbocycles. The maximum atomic E-state index is 14.5. The molecule has 10 heteroatoms. The number of fused-ring (bicyclic) bond motifs is 1. The molecule has 0 amide bonds.